The largest absolute Gasteiger partial charge is 0.441 e. The highest BCUT2D eigenvalue weighted by molar-refractivity contribution is 6.31. The average molecular weight is 341 g/mol. The number of amides is 1. The molecular formula is C19H17ClN2O2. The van der Waals surface area contributed by atoms with Gasteiger partial charge in [0.1, 0.15) is 5.76 Å². The molecule has 0 aliphatic heterocycles. The minimum Gasteiger partial charge on any atom is -0.441 e. The summed E-state index contributed by atoms with van der Waals surface area (Å²) < 4.78 is 5.63. The number of halogens is 1. The first-order valence-corrected chi connectivity index (χ1v) is 8.02. The van der Waals surface area contributed by atoms with E-state index in [2.05, 4.69) is 10.3 Å². The van der Waals surface area contributed by atoms with E-state index in [1.165, 1.54) is 0 Å². The molecular weight excluding hydrogens is 324 g/mol. The number of hydrogen-bond donors (Lipinski definition) is 1. The van der Waals surface area contributed by atoms with Crippen molar-refractivity contribution >= 4 is 17.5 Å². The van der Waals surface area contributed by atoms with Gasteiger partial charge in [0.2, 0.25) is 5.89 Å². The molecule has 4 nitrogen and oxygen atoms in total. The molecule has 1 aromatic heterocycles. The monoisotopic (exact) mass is 340 g/mol. The zero-order valence-corrected chi connectivity index (χ0v) is 14.2. The van der Waals surface area contributed by atoms with Crippen molar-refractivity contribution in [2.24, 2.45) is 0 Å². The van der Waals surface area contributed by atoms with Crippen molar-refractivity contribution in [2.75, 3.05) is 0 Å². The van der Waals surface area contributed by atoms with Gasteiger partial charge in [-0.25, -0.2) is 4.98 Å². The maximum atomic E-state index is 12.5. The van der Waals surface area contributed by atoms with Crippen molar-refractivity contribution in [2.45, 2.75) is 19.9 Å². The van der Waals surface area contributed by atoms with E-state index in [9.17, 15) is 4.79 Å². The second-order valence-electron chi connectivity index (χ2n) is 5.51. The van der Waals surface area contributed by atoms with Gasteiger partial charge in [-0.1, -0.05) is 48.0 Å². The zero-order valence-electron chi connectivity index (χ0n) is 13.4. The normalized spacial score (nSPS) is 12.0. The maximum Gasteiger partial charge on any atom is 0.274 e. The second kappa shape index (κ2) is 6.89. The maximum absolute atomic E-state index is 12.5. The average Bonchev–Trinajstić information content (AvgIpc) is 2.98. The van der Waals surface area contributed by atoms with Crippen LogP contribution in [0.25, 0.3) is 11.5 Å². The van der Waals surface area contributed by atoms with Crippen molar-refractivity contribution in [3.8, 4) is 11.5 Å². The molecule has 24 heavy (non-hydrogen) atoms. The smallest absolute Gasteiger partial charge is 0.274 e. The molecule has 0 saturated carbocycles. The van der Waals surface area contributed by atoms with E-state index in [0.717, 1.165) is 11.1 Å². The minimum absolute atomic E-state index is 0.234. The lowest BCUT2D eigenvalue weighted by atomic mass is 10.1. The van der Waals surface area contributed by atoms with E-state index in [0.29, 0.717) is 16.7 Å². The van der Waals surface area contributed by atoms with Gasteiger partial charge in [0.25, 0.3) is 5.91 Å². The lowest BCUT2D eigenvalue weighted by Crippen LogP contribution is -2.27. The van der Waals surface area contributed by atoms with E-state index < -0.39 is 0 Å². The number of hydrogen-bond acceptors (Lipinski definition) is 3. The van der Waals surface area contributed by atoms with Crippen molar-refractivity contribution < 1.29 is 9.21 Å². The number of aromatic nitrogens is 1. The number of nitrogens with one attached hydrogen (secondary N) is 1. The van der Waals surface area contributed by atoms with Crippen LogP contribution in [0.5, 0.6) is 0 Å². The Morgan fingerprint density at radius 3 is 2.50 bits per heavy atom. The van der Waals surface area contributed by atoms with E-state index in [1.807, 2.05) is 55.5 Å². The van der Waals surface area contributed by atoms with Crippen LogP contribution in [0.4, 0.5) is 0 Å². The van der Waals surface area contributed by atoms with Gasteiger partial charge in [0.15, 0.2) is 5.69 Å². The summed E-state index contributed by atoms with van der Waals surface area (Å²) in [5.41, 5.74) is 1.98. The number of nitrogens with zero attached hydrogens (tertiary/aromatic N) is 1. The third-order valence-corrected chi connectivity index (χ3v) is 4.10. The number of oxazole rings is 1. The number of benzene rings is 2. The highest BCUT2D eigenvalue weighted by Gasteiger charge is 2.20. The van der Waals surface area contributed by atoms with E-state index in [-0.39, 0.29) is 17.6 Å². The van der Waals surface area contributed by atoms with Crippen LogP contribution in [0.2, 0.25) is 5.02 Å². The molecule has 3 rings (SSSR count). The van der Waals surface area contributed by atoms with Gasteiger partial charge in [-0.15, -0.1) is 0 Å². The predicted octanol–water partition coefficient (Wildman–Crippen LogP) is 4.79. The van der Waals surface area contributed by atoms with Crippen LogP contribution < -0.4 is 5.32 Å². The van der Waals surface area contributed by atoms with Gasteiger partial charge >= 0.3 is 0 Å². The summed E-state index contributed by atoms with van der Waals surface area (Å²) in [5, 5.41) is 3.53. The van der Waals surface area contributed by atoms with Gasteiger partial charge in [-0.3, -0.25) is 4.79 Å². The van der Waals surface area contributed by atoms with E-state index in [4.69, 9.17) is 16.0 Å². The first-order chi connectivity index (χ1) is 11.6. The Labute approximate surface area is 145 Å². The van der Waals surface area contributed by atoms with Crippen LogP contribution in [-0.4, -0.2) is 10.9 Å². The fraction of sp³-hybridized carbons (Fsp3) is 0.158. The predicted molar refractivity (Wildman–Crippen MR) is 94.0 cm³/mol. The highest BCUT2D eigenvalue weighted by Crippen LogP contribution is 2.24. The lowest BCUT2D eigenvalue weighted by Gasteiger charge is -2.14. The third-order valence-electron chi connectivity index (χ3n) is 3.75. The molecule has 1 heterocycles. The molecule has 0 radical (unpaired) electrons. The molecule has 0 saturated heterocycles. The Balaban J connectivity index is 1.81. The topological polar surface area (TPSA) is 55.1 Å². The van der Waals surface area contributed by atoms with Crippen molar-refractivity contribution in [1.82, 2.24) is 10.3 Å². The fourth-order valence-corrected chi connectivity index (χ4v) is 2.78. The molecule has 1 amide bonds. The Morgan fingerprint density at radius 1 is 1.12 bits per heavy atom. The van der Waals surface area contributed by atoms with Crippen LogP contribution in [0, 0.1) is 6.92 Å². The van der Waals surface area contributed by atoms with Gasteiger partial charge in [0.05, 0.1) is 6.04 Å². The van der Waals surface area contributed by atoms with Crippen molar-refractivity contribution in [3.05, 3.63) is 76.6 Å². The molecule has 1 atom stereocenters. The minimum atomic E-state index is -0.286. The highest BCUT2D eigenvalue weighted by atomic mass is 35.5. The lowest BCUT2D eigenvalue weighted by molar-refractivity contribution is 0.0934. The number of aryl methyl sites for hydroxylation is 1. The second-order valence-corrected chi connectivity index (χ2v) is 5.91. The van der Waals surface area contributed by atoms with Crippen LogP contribution >= 0.6 is 11.6 Å². The quantitative estimate of drug-likeness (QED) is 0.742. The summed E-state index contributed by atoms with van der Waals surface area (Å²) in [6.45, 7) is 3.61. The molecule has 1 unspecified atom stereocenters. The SMILES string of the molecule is Cc1oc(-c2ccccc2)nc1C(=O)NC(C)c1ccccc1Cl. The summed E-state index contributed by atoms with van der Waals surface area (Å²) in [6, 6.07) is 16.7. The molecule has 122 valence electrons. The Hall–Kier alpha value is -2.59. The van der Waals surface area contributed by atoms with Crippen LogP contribution in [0.1, 0.15) is 34.8 Å². The van der Waals surface area contributed by atoms with Crippen LogP contribution in [0.15, 0.2) is 59.0 Å². The summed E-state index contributed by atoms with van der Waals surface area (Å²) in [7, 11) is 0. The van der Waals surface area contributed by atoms with Gasteiger partial charge in [-0.05, 0) is 37.6 Å². The van der Waals surface area contributed by atoms with E-state index >= 15 is 0 Å². The fourth-order valence-electron chi connectivity index (χ4n) is 2.48. The first-order valence-electron chi connectivity index (χ1n) is 7.64. The third kappa shape index (κ3) is 3.34. The molecule has 0 spiro atoms. The molecule has 0 aliphatic carbocycles. The standard InChI is InChI=1S/C19H17ClN2O2/c1-12(15-10-6-7-11-16(15)20)21-18(23)17-13(2)24-19(22-17)14-8-4-3-5-9-14/h3-12H,1-2H3,(H,21,23). The molecule has 5 heteroatoms. The van der Waals surface area contributed by atoms with Gasteiger partial charge in [-0.2, -0.15) is 0 Å². The molecule has 3 aromatic rings. The Bertz CT molecular complexity index is 859. The van der Waals surface area contributed by atoms with Crippen LogP contribution in [0.3, 0.4) is 0 Å². The molecule has 0 fully saturated rings. The van der Waals surface area contributed by atoms with Crippen molar-refractivity contribution in [1.29, 1.82) is 0 Å². The summed E-state index contributed by atoms with van der Waals surface area (Å²) in [6.07, 6.45) is 0. The molecule has 0 bridgehead atoms. The van der Waals surface area contributed by atoms with Gasteiger partial charge in [0, 0.05) is 10.6 Å². The van der Waals surface area contributed by atoms with Crippen LogP contribution in [-0.2, 0) is 0 Å². The summed E-state index contributed by atoms with van der Waals surface area (Å²) in [4.78, 5) is 16.9. The Kier molecular flexibility index (Phi) is 4.67. The first kappa shape index (κ1) is 16.3. The Morgan fingerprint density at radius 2 is 1.79 bits per heavy atom. The molecule has 1 N–H and O–H groups in total. The number of carbonyl (C=O) groups excluding carboxylic acids is 1. The van der Waals surface area contributed by atoms with Gasteiger partial charge < -0.3 is 9.73 Å². The molecule has 0 aliphatic rings. The summed E-state index contributed by atoms with van der Waals surface area (Å²) >= 11 is 6.18. The molecule has 2 aromatic carbocycles. The number of carbonyl (C=O) groups is 1. The van der Waals surface area contributed by atoms with Crippen molar-refractivity contribution in [3.63, 3.8) is 0 Å². The number of rotatable bonds is 4. The zero-order chi connectivity index (χ0) is 17.1. The summed E-state index contributed by atoms with van der Waals surface area (Å²) in [5.74, 6) is 0.632. The van der Waals surface area contributed by atoms with E-state index in [1.54, 1.807) is 13.0 Å².